The summed E-state index contributed by atoms with van der Waals surface area (Å²) in [6.07, 6.45) is 4.78. The van der Waals surface area contributed by atoms with Crippen molar-refractivity contribution in [2.75, 3.05) is 0 Å². The molecular weight excluding hydrogens is 287 g/mol. The van der Waals surface area contributed by atoms with Crippen LogP contribution in [-0.4, -0.2) is 20.6 Å². The third-order valence-electron chi connectivity index (χ3n) is 3.10. The Labute approximate surface area is 125 Å². The minimum Gasteiger partial charge on any atom is -0.359 e. The second-order valence-corrected chi connectivity index (χ2v) is 4.72. The highest BCUT2D eigenvalue weighted by Crippen LogP contribution is 2.23. The summed E-state index contributed by atoms with van der Waals surface area (Å²) in [5.74, 6) is -0.0418. The predicted molar refractivity (Wildman–Crippen MR) is 76.5 cm³/mol. The van der Waals surface area contributed by atoms with Crippen LogP contribution in [0.2, 0.25) is 0 Å². The zero-order chi connectivity index (χ0) is 15.5. The number of carbonyl (C=O) groups is 1. The highest BCUT2D eigenvalue weighted by molar-refractivity contribution is 5.72. The average molecular weight is 300 g/mol. The van der Waals surface area contributed by atoms with Crippen LogP contribution < -0.4 is 5.32 Å². The Kier molecular flexibility index (Phi) is 3.69. The molecule has 1 N–H and O–H groups in total. The van der Waals surface area contributed by atoms with Gasteiger partial charge in [0.2, 0.25) is 5.91 Å². The van der Waals surface area contributed by atoms with Gasteiger partial charge in [0.1, 0.15) is 11.5 Å². The summed E-state index contributed by atoms with van der Waals surface area (Å²) in [6.45, 7) is 1.67. The van der Waals surface area contributed by atoms with Gasteiger partial charge in [-0.3, -0.25) is 4.79 Å². The molecule has 0 radical (unpaired) electrons. The van der Waals surface area contributed by atoms with Crippen molar-refractivity contribution in [1.29, 1.82) is 0 Å². The van der Waals surface area contributed by atoms with Crippen LogP contribution in [-0.2, 0) is 11.3 Å². The van der Waals surface area contributed by atoms with E-state index in [0.717, 1.165) is 0 Å². The fraction of sp³-hybridized carbons (Fsp3) is 0.133. The van der Waals surface area contributed by atoms with Crippen LogP contribution >= 0.6 is 0 Å². The molecule has 1 aromatic carbocycles. The molecule has 7 heteroatoms. The van der Waals surface area contributed by atoms with Crippen molar-refractivity contribution in [3.63, 3.8) is 0 Å². The number of carbonyl (C=O) groups excluding carboxylic acids is 1. The van der Waals surface area contributed by atoms with E-state index in [1.165, 1.54) is 19.3 Å². The lowest BCUT2D eigenvalue weighted by molar-refractivity contribution is -0.119. The van der Waals surface area contributed by atoms with Crippen LogP contribution in [0.15, 0.2) is 47.5 Å². The van der Waals surface area contributed by atoms with Gasteiger partial charge in [0.05, 0.1) is 18.6 Å². The number of aromatic nitrogens is 3. The third-order valence-corrected chi connectivity index (χ3v) is 3.10. The van der Waals surface area contributed by atoms with Crippen molar-refractivity contribution in [3.05, 3.63) is 54.6 Å². The predicted octanol–water partition coefficient (Wildman–Crippen LogP) is 2.30. The van der Waals surface area contributed by atoms with E-state index < -0.39 is 0 Å². The first-order chi connectivity index (χ1) is 10.6. The topological polar surface area (TPSA) is 73.0 Å². The monoisotopic (exact) mass is 300 g/mol. The molecule has 112 valence electrons. The van der Waals surface area contributed by atoms with Gasteiger partial charge in [-0.1, -0.05) is 11.2 Å². The molecule has 0 aliphatic heterocycles. The van der Waals surface area contributed by atoms with Gasteiger partial charge in [0, 0.05) is 30.9 Å². The minimum absolute atomic E-state index is 0.159. The summed E-state index contributed by atoms with van der Waals surface area (Å²) in [7, 11) is 0. The van der Waals surface area contributed by atoms with Crippen molar-refractivity contribution in [2.24, 2.45) is 0 Å². The van der Waals surface area contributed by atoms with Gasteiger partial charge in [0.15, 0.2) is 5.76 Å². The SMILES string of the molecule is CC(=O)NCc1cc(-c2ccc(-n3ccnc3)c(F)c2)no1. The summed E-state index contributed by atoms with van der Waals surface area (Å²) >= 11 is 0. The van der Waals surface area contributed by atoms with Crippen LogP contribution in [0.5, 0.6) is 0 Å². The van der Waals surface area contributed by atoms with Crippen molar-refractivity contribution in [3.8, 4) is 16.9 Å². The summed E-state index contributed by atoms with van der Waals surface area (Å²) < 4.78 is 20.9. The Morgan fingerprint density at radius 1 is 1.41 bits per heavy atom. The smallest absolute Gasteiger partial charge is 0.217 e. The molecule has 0 saturated heterocycles. The maximum absolute atomic E-state index is 14.2. The number of hydrogen-bond donors (Lipinski definition) is 1. The number of benzene rings is 1. The van der Waals surface area contributed by atoms with Gasteiger partial charge in [-0.25, -0.2) is 9.37 Å². The number of nitrogens with zero attached hydrogens (tertiary/aromatic N) is 3. The standard InChI is InChI=1S/C15H13FN4O2/c1-10(21)18-8-12-7-14(19-22-12)11-2-3-15(13(16)6-11)20-5-4-17-9-20/h2-7,9H,8H2,1H3,(H,18,21). The molecule has 0 spiro atoms. The number of imidazole rings is 1. The van der Waals surface area contributed by atoms with Gasteiger partial charge < -0.3 is 14.4 Å². The maximum atomic E-state index is 14.2. The molecule has 0 saturated carbocycles. The molecule has 0 atom stereocenters. The lowest BCUT2D eigenvalue weighted by Crippen LogP contribution is -2.18. The minimum atomic E-state index is -0.387. The maximum Gasteiger partial charge on any atom is 0.217 e. The Morgan fingerprint density at radius 2 is 2.27 bits per heavy atom. The lowest BCUT2D eigenvalue weighted by atomic mass is 10.1. The second kappa shape index (κ2) is 5.80. The number of halogens is 1. The summed E-state index contributed by atoms with van der Waals surface area (Å²) in [6, 6.07) is 6.45. The normalized spacial score (nSPS) is 10.6. The quantitative estimate of drug-likeness (QED) is 0.802. The summed E-state index contributed by atoms with van der Waals surface area (Å²) in [5, 5.41) is 6.49. The summed E-state index contributed by atoms with van der Waals surface area (Å²) in [4.78, 5) is 14.8. The van der Waals surface area contributed by atoms with Crippen LogP contribution in [0.4, 0.5) is 4.39 Å². The van der Waals surface area contributed by atoms with Crippen LogP contribution in [0.25, 0.3) is 16.9 Å². The molecule has 0 aliphatic rings. The summed E-state index contributed by atoms with van der Waals surface area (Å²) in [5.41, 5.74) is 1.51. The lowest BCUT2D eigenvalue weighted by Gasteiger charge is -2.05. The first kappa shape index (κ1) is 14.0. The Balaban J connectivity index is 1.84. The fourth-order valence-electron chi connectivity index (χ4n) is 2.02. The first-order valence-corrected chi connectivity index (χ1v) is 6.62. The third kappa shape index (κ3) is 2.88. The molecule has 6 nitrogen and oxygen atoms in total. The molecule has 0 aliphatic carbocycles. The molecule has 0 bridgehead atoms. The van der Waals surface area contributed by atoms with Gasteiger partial charge >= 0.3 is 0 Å². The number of nitrogens with one attached hydrogen (secondary N) is 1. The highest BCUT2D eigenvalue weighted by atomic mass is 19.1. The van der Waals surface area contributed by atoms with Gasteiger partial charge in [-0.2, -0.15) is 0 Å². The first-order valence-electron chi connectivity index (χ1n) is 6.62. The van der Waals surface area contributed by atoms with Gasteiger partial charge in [-0.15, -0.1) is 0 Å². The van der Waals surface area contributed by atoms with E-state index in [1.54, 1.807) is 35.2 Å². The van der Waals surface area contributed by atoms with E-state index in [1.807, 2.05) is 0 Å². The molecule has 22 heavy (non-hydrogen) atoms. The Hall–Kier alpha value is -2.96. The van der Waals surface area contributed by atoms with Crippen LogP contribution in [0.1, 0.15) is 12.7 Å². The van der Waals surface area contributed by atoms with Crippen molar-refractivity contribution in [2.45, 2.75) is 13.5 Å². The second-order valence-electron chi connectivity index (χ2n) is 4.72. The fourth-order valence-corrected chi connectivity index (χ4v) is 2.02. The molecule has 1 amide bonds. The number of hydrogen-bond acceptors (Lipinski definition) is 4. The van der Waals surface area contributed by atoms with Gasteiger partial charge in [-0.05, 0) is 12.1 Å². The van der Waals surface area contributed by atoms with Crippen molar-refractivity contribution < 1.29 is 13.7 Å². The molecule has 2 aromatic heterocycles. The van der Waals surface area contributed by atoms with Crippen molar-refractivity contribution in [1.82, 2.24) is 20.0 Å². The Bertz CT molecular complexity index is 796. The number of rotatable bonds is 4. The zero-order valence-corrected chi connectivity index (χ0v) is 11.8. The van der Waals surface area contributed by atoms with E-state index in [2.05, 4.69) is 15.5 Å². The van der Waals surface area contributed by atoms with E-state index in [9.17, 15) is 9.18 Å². The highest BCUT2D eigenvalue weighted by Gasteiger charge is 2.11. The van der Waals surface area contributed by atoms with E-state index in [4.69, 9.17) is 4.52 Å². The molecular formula is C15H13FN4O2. The largest absolute Gasteiger partial charge is 0.359 e. The van der Waals surface area contributed by atoms with E-state index in [-0.39, 0.29) is 18.3 Å². The van der Waals surface area contributed by atoms with Gasteiger partial charge in [0.25, 0.3) is 0 Å². The molecule has 3 aromatic rings. The van der Waals surface area contributed by atoms with Crippen LogP contribution in [0, 0.1) is 5.82 Å². The van der Waals surface area contributed by atoms with E-state index >= 15 is 0 Å². The number of amides is 1. The molecule has 0 unspecified atom stereocenters. The molecule has 0 fully saturated rings. The van der Waals surface area contributed by atoms with E-state index in [0.29, 0.717) is 22.7 Å². The Morgan fingerprint density at radius 3 is 2.95 bits per heavy atom. The molecule has 2 heterocycles. The van der Waals surface area contributed by atoms with Crippen LogP contribution in [0.3, 0.4) is 0 Å². The molecule has 3 rings (SSSR count). The van der Waals surface area contributed by atoms with Crippen molar-refractivity contribution >= 4 is 5.91 Å². The zero-order valence-electron chi connectivity index (χ0n) is 11.8. The average Bonchev–Trinajstić information content (AvgIpc) is 3.16.